The summed E-state index contributed by atoms with van der Waals surface area (Å²) in [6.07, 6.45) is 2.80. The summed E-state index contributed by atoms with van der Waals surface area (Å²) < 4.78 is 13.3. The van der Waals surface area contributed by atoms with E-state index in [1.165, 1.54) is 5.56 Å². The fourth-order valence-corrected chi connectivity index (χ4v) is 5.49. The molecule has 172 valence electrons. The fraction of sp³-hybridized carbons (Fsp3) is 0.200. The summed E-state index contributed by atoms with van der Waals surface area (Å²) in [5, 5.41) is 9.37. The summed E-state index contributed by atoms with van der Waals surface area (Å²) in [5.41, 5.74) is 6.91. The standard InChI is InChI=1S/C30H25FN4/c31-25-10-12-26(13-11-25)35-20-27-15-28(35)19-34(27)18-21-6-8-24(9-7-21)30-29(14-22(16-32)17-33-30)23-4-2-1-3-5-23/h1-14,17,27-28H,15,18-20H2. The molecule has 2 fully saturated rings. The van der Waals surface area contributed by atoms with Crippen LogP contribution in [0.25, 0.3) is 22.4 Å². The molecule has 0 radical (unpaired) electrons. The number of benzene rings is 3. The van der Waals surface area contributed by atoms with E-state index in [0.29, 0.717) is 17.6 Å². The molecule has 0 spiro atoms. The maximum absolute atomic E-state index is 13.3. The molecule has 0 aliphatic carbocycles. The van der Waals surface area contributed by atoms with Crippen molar-refractivity contribution in [2.75, 3.05) is 18.0 Å². The average molecular weight is 461 g/mol. The number of hydrogen-bond acceptors (Lipinski definition) is 4. The van der Waals surface area contributed by atoms with Gasteiger partial charge in [0.25, 0.3) is 0 Å². The molecule has 2 atom stereocenters. The monoisotopic (exact) mass is 460 g/mol. The molecule has 1 aromatic heterocycles. The summed E-state index contributed by atoms with van der Waals surface area (Å²) in [7, 11) is 0. The summed E-state index contributed by atoms with van der Waals surface area (Å²) >= 11 is 0. The molecular weight excluding hydrogens is 435 g/mol. The van der Waals surface area contributed by atoms with Gasteiger partial charge in [-0.3, -0.25) is 9.88 Å². The molecule has 2 saturated heterocycles. The Morgan fingerprint density at radius 2 is 1.66 bits per heavy atom. The van der Waals surface area contributed by atoms with Gasteiger partial charge in [0, 0.05) is 54.7 Å². The van der Waals surface area contributed by atoms with Crippen molar-refractivity contribution in [1.29, 1.82) is 5.26 Å². The quantitative estimate of drug-likeness (QED) is 0.373. The van der Waals surface area contributed by atoms with Crippen molar-refractivity contribution >= 4 is 5.69 Å². The third-order valence-corrected chi connectivity index (χ3v) is 7.23. The van der Waals surface area contributed by atoms with Gasteiger partial charge in [0.1, 0.15) is 11.9 Å². The molecular formula is C30H25FN4. The van der Waals surface area contributed by atoms with Crippen LogP contribution in [0.1, 0.15) is 17.5 Å². The van der Waals surface area contributed by atoms with Crippen molar-refractivity contribution in [1.82, 2.24) is 9.88 Å². The number of nitrogens with zero attached hydrogens (tertiary/aromatic N) is 4. The molecule has 2 aliphatic heterocycles. The number of piperazine rings is 1. The summed E-state index contributed by atoms with van der Waals surface area (Å²) in [6, 6.07) is 30.7. The number of pyridine rings is 1. The lowest BCUT2D eigenvalue weighted by molar-refractivity contribution is 0.230. The minimum absolute atomic E-state index is 0.185. The van der Waals surface area contributed by atoms with E-state index >= 15 is 0 Å². The molecule has 35 heavy (non-hydrogen) atoms. The number of likely N-dealkylation sites (tertiary alicyclic amines) is 1. The van der Waals surface area contributed by atoms with Gasteiger partial charge in [0.2, 0.25) is 0 Å². The maximum Gasteiger partial charge on any atom is 0.123 e. The minimum atomic E-state index is -0.185. The van der Waals surface area contributed by atoms with E-state index < -0.39 is 0 Å². The third kappa shape index (κ3) is 4.18. The third-order valence-electron chi connectivity index (χ3n) is 7.23. The highest BCUT2D eigenvalue weighted by Crippen LogP contribution is 2.36. The summed E-state index contributed by atoms with van der Waals surface area (Å²) in [4.78, 5) is 9.63. The largest absolute Gasteiger partial charge is 0.366 e. The van der Waals surface area contributed by atoms with Gasteiger partial charge in [-0.1, -0.05) is 54.6 Å². The summed E-state index contributed by atoms with van der Waals surface area (Å²) in [6.45, 7) is 2.94. The van der Waals surface area contributed by atoms with Crippen LogP contribution in [-0.4, -0.2) is 35.1 Å². The molecule has 0 amide bonds. The first-order valence-corrected chi connectivity index (χ1v) is 12.0. The zero-order valence-corrected chi connectivity index (χ0v) is 19.3. The van der Waals surface area contributed by atoms with E-state index in [-0.39, 0.29) is 5.82 Å². The molecule has 4 nitrogen and oxygen atoms in total. The van der Waals surface area contributed by atoms with E-state index in [2.05, 4.69) is 45.1 Å². The molecule has 0 saturated carbocycles. The Kier molecular flexibility index (Phi) is 5.52. The summed E-state index contributed by atoms with van der Waals surface area (Å²) in [5.74, 6) is -0.185. The number of aromatic nitrogens is 1. The zero-order chi connectivity index (χ0) is 23.8. The fourth-order valence-electron chi connectivity index (χ4n) is 5.49. The Labute approximate surface area is 204 Å². The van der Waals surface area contributed by atoms with E-state index in [4.69, 9.17) is 0 Å². The molecule has 5 heteroatoms. The van der Waals surface area contributed by atoms with Crippen molar-refractivity contribution in [3.8, 4) is 28.5 Å². The molecule has 0 N–H and O–H groups in total. The van der Waals surface area contributed by atoms with Gasteiger partial charge in [0.05, 0.1) is 11.3 Å². The second-order valence-corrected chi connectivity index (χ2v) is 9.40. The Hall–Kier alpha value is -4.01. The zero-order valence-electron chi connectivity index (χ0n) is 19.3. The van der Waals surface area contributed by atoms with Crippen LogP contribution in [0.3, 0.4) is 0 Å². The van der Waals surface area contributed by atoms with Crippen LogP contribution in [0.2, 0.25) is 0 Å². The van der Waals surface area contributed by atoms with Crippen LogP contribution < -0.4 is 4.90 Å². The van der Waals surface area contributed by atoms with E-state index in [1.54, 1.807) is 18.3 Å². The lowest BCUT2D eigenvalue weighted by Crippen LogP contribution is -2.46. The second kappa shape index (κ2) is 8.98. The first-order valence-electron chi connectivity index (χ1n) is 12.0. The van der Waals surface area contributed by atoms with Gasteiger partial charge in [-0.2, -0.15) is 5.26 Å². The highest BCUT2D eigenvalue weighted by atomic mass is 19.1. The van der Waals surface area contributed by atoms with Crippen LogP contribution >= 0.6 is 0 Å². The number of hydrogen-bond donors (Lipinski definition) is 0. The van der Waals surface area contributed by atoms with E-state index in [9.17, 15) is 9.65 Å². The van der Waals surface area contributed by atoms with E-state index in [1.807, 2.05) is 48.5 Å². The van der Waals surface area contributed by atoms with Gasteiger partial charge in [0.15, 0.2) is 0 Å². The van der Waals surface area contributed by atoms with Crippen molar-refractivity contribution in [3.05, 3.63) is 108 Å². The van der Waals surface area contributed by atoms with Crippen LogP contribution in [0.15, 0.2) is 91.1 Å². The molecule has 2 aliphatic rings. The topological polar surface area (TPSA) is 43.2 Å². The lowest BCUT2D eigenvalue weighted by atomic mass is 9.97. The van der Waals surface area contributed by atoms with Crippen molar-refractivity contribution in [2.45, 2.75) is 25.0 Å². The SMILES string of the molecule is N#Cc1cnc(-c2ccc(CN3CC4CC3CN4c3ccc(F)cc3)cc2)c(-c2ccccc2)c1. The molecule has 6 rings (SSSR count). The number of rotatable bonds is 5. The predicted octanol–water partition coefficient (Wildman–Crippen LogP) is 5.89. The lowest BCUT2D eigenvalue weighted by Gasteiger charge is -2.35. The van der Waals surface area contributed by atoms with Crippen molar-refractivity contribution in [3.63, 3.8) is 0 Å². The van der Waals surface area contributed by atoms with Gasteiger partial charge >= 0.3 is 0 Å². The van der Waals surface area contributed by atoms with Crippen LogP contribution in [-0.2, 0) is 6.54 Å². The highest BCUT2D eigenvalue weighted by molar-refractivity contribution is 5.81. The number of fused-ring (bicyclic) bond motifs is 2. The Morgan fingerprint density at radius 3 is 2.34 bits per heavy atom. The first kappa shape index (κ1) is 21.5. The predicted molar refractivity (Wildman–Crippen MR) is 136 cm³/mol. The molecule has 2 bridgehead atoms. The Morgan fingerprint density at radius 1 is 0.886 bits per heavy atom. The van der Waals surface area contributed by atoms with Crippen LogP contribution in [0.4, 0.5) is 10.1 Å². The van der Waals surface area contributed by atoms with Crippen LogP contribution in [0.5, 0.6) is 0 Å². The van der Waals surface area contributed by atoms with E-state index in [0.717, 1.165) is 54.1 Å². The highest BCUT2D eigenvalue weighted by Gasteiger charge is 2.43. The second-order valence-electron chi connectivity index (χ2n) is 9.40. The molecule has 4 aromatic rings. The normalized spacial score (nSPS) is 19.1. The molecule has 3 aromatic carbocycles. The van der Waals surface area contributed by atoms with Gasteiger partial charge in [-0.05, 0) is 47.9 Å². The minimum Gasteiger partial charge on any atom is -0.366 e. The smallest absolute Gasteiger partial charge is 0.123 e. The molecule has 3 heterocycles. The van der Waals surface area contributed by atoms with Gasteiger partial charge in [-0.25, -0.2) is 4.39 Å². The average Bonchev–Trinajstić information content (AvgIpc) is 3.51. The van der Waals surface area contributed by atoms with Crippen LogP contribution in [0, 0.1) is 17.1 Å². The maximum atomic E-state index is 13.3. The first-order chi connectivity index (χ1) is 17.2. The molecule has 2 unspecified atom stereocenters. The Bertz CT molecular complexity index is 1380. The van der Waals surface area contributed by atoms with Crippen molar-refractivity contribution < 1.29 is 4.39 Å². The Balaban J connectivity index is 1.18. The van der Waals surface area contributed by atoms with Crippen molar-refractivity contribution in [2.24, 2.45) is 0 Å². The number of nitriles is 1. The number of anilines is 1. The van der Waals surface area contributed by atoms with Gasteiger partial charge in [-0.15, -0.1) is 0 Å². The number of halogens is 1. The van der Waals surface area contributed by atoms with Gasteiger partial charge < -0.3 is 4.90 Å².